The summed E-state index contributed by atoms with van der Waals surface area (Å²) in [5.41, 5.74) is 6.45. The van der Waals surface area contributed by atoms with Gasteiger partial charge in [-0.25, -0.2) is 29.9 Å². The number of quaternary nitrogens is 1. The quantitative estimate of drug-likeness (QED) is 0.188. The van der Waals surface area contributed by atoms with Crippen LogP contribution in [0.25, 0.3) is 89.7 Å². The molecule has 3 aromatic heterocycles. The van der Waals surface area contributed by atoms with E-state index in [-0.39, 0.29) is 6.15 Å². The number of aromatic amines is 2. The summed E-state index contributed by atoms with van der Waals surface area (Å²) in [5.74, 6) is 2.39. The Morgan fingerprint density at radius 1 is 0.317 bits per heavy atom. The van der Waals surface area contributed by atoms with Gasteiger partial charge in [0.05, 0.1) is 0 Å². The lowest BCUT2D eigenvalue weighted by Crippen LogP contribution is -1.82. The molecule has 7 aromatic rings. The first-order valence-corrected chi connectivity index (χ1v) is 13.0. The molecule has 6 N–H and O–H groups in total. The fourth-order valence-corrected chi connectivity index (χ4v) is 5.59. The van der Waals surface area contributed by atoms with Crippen LogP contribution < -0.4 is 6.15 Å². The first kappa shape index (κ1) is 23.1. The summed E-state index contributed by atoms with van der Waals surface area (Å²) in [6, 6.07) is 32.2. The van der Waals surface area contributed by atoms with Crippen molar-refractivity contribution in [2.75, 3.05) is 0 Å². The van der Waals surface area contributed by atoms with E-state index in [1.165, 1.54) is 0 Å². The Hall–Kier alpha value is -5.80. The standard InChI is InChI=1S/C32H18N8.H3N/c1-2-10-18-17(9-1)25-33-26(18)38-28-21-13-5-6-14-22(21)30(35-28)40-32-24-16-8-7-15-23(24)31(36-32)39-29-20-12-4-3-11-19(20)27(34-29)37-25;/h1-16H,(H2,33,34,35,36,37,38,39,40);1H3/p+1. The minimum Gasteiger partial charge on any atom is -0.369 e. The van der Waals surface area contributed by atoms with Gasteiger partial charge < -0.3 is 16.1 Å². The van der Waals surface area contributed by atoms with Gasteiger partial charge in [-0.15, -0.1) is 0 Å². The van der Waals surface area contributed by atoms with Crippen LogP contribution in [0.1, 0.15) is 0 Å². The van der Waals surface area contributed by atoms with Crippen LogP contribution in [0, 0.1) is 0 Å². The summed E-state index contributed by atoms with van der Waals surface area (Å²) >= 11 is 0. The van der Waals surface area contributed by atoms with Crippen LogP contribution in [-0.2, 0) is 0 Å². The van der Waals surface area contributed by atoms with Crippen LogP contribution in [0.3, 0.4) is 0 Å². The van der Waals surface area contributed by atoms with Gasteiger partial charge in [0.25, 0.3) is 0 Å². The first-order chi connectivity index (χ1) is 19.8. The van der Waals surface area contributed by atoms with Crippen molar-refractivity contribution in [1.82, 2.24) is 46.0 Å². The number of hydrogen-bond acceptors (Lipinski definition) is 6. The highest BCUT2D eigenvalue weighted by atomic mass is 15.1. The molecular weight excluding hydrogens is 510 g/mol. The summed E-state index contributed by atoms with van der Waals surface area (Å²) in [7, 11) is 0. The van der Waals surface area contributed by atoms with Gasteiger partial charge in [0.15, 0.2) is 23.3 Å². The molecule has 41 heavy (non-hydrogen) atoms. The molecule has 9 nitrogen and oxygen atoms in total. The van der Waals surface area contributed by atoms with Crippen molar-refractivity contribution >= 4 is 44.1 Å². The summed E-state index contributed by atoms with van der Waals surface area (Å²) in [5, 5.41) is 3.82. The van der Waals surface area contributed by atoms with Crippen molar-refractivity contribution in [2.24, 2.45) is 0 Å². The molecule has 0 unspecified atom stereocenters. The molecule has 9 rings (SSSR count). The van der Waals surface area contributed by atoms with Crippen molar-refractivity contribution in [3.8, 4) is 45.6 Å². The van der Waals surface area contributed by atoms with Gasteiger partial charge in [-0.05, 0) is 0 Å². The second-order valence-electron chi connectivity index (χ2n) is 9.79. The molecule has 9 heteroatoms. The van der Waals surface area contributed by atoms with Crippen molar-refractivity contribution in [3.63, 3.8) is 0 Å². The molecule has 8 bridgehead atoms. The van der Waals surface area contributed by atoms with E-state index in [0.29, 0.717) is 45.9 Å². The fourth-order valence-electron chi connectivity index (χ4n) is 5.59. The third kappa shape index (κ3) is 3.39. The molecule has 0 amide bonds. The molecule has 0 aliphatic carbocycles. The van der Waals surface area contributed by atoms with E-state index in [1.807, 2.05) is 97.1 Å². The molecular formula is C32H22N9+. The molecule has 2 aliphatic heterocycles. The maximum absolute atomic E-state index is 5.02. The second kappa shape index (κ2) is 8.60. The summed E-state index contributed by atoms with van der Waals surface area (Å²) < 4.78 is 0. The van der Waals surface area contributed by atoms with E-state index >= 15 is 0 Å². The number of H-pyrrole nitrogens is 2. The van der Waals surface area contributed by atoms with Crippen LogP contribution in [0.2, 0.25) is 0 Å². The average Bonchev–Trinajstić information content (AvgIpc) is 3.73. The topological polar surface area (TPSA) is 145 Å². The van der Waals surface area contributed by atoms with Crippen molar-refractivity contribution in [2.45, 2.75) is 0 Å². The molecule has 4 aromatic carbocycles. The number of nitrogens with one attached hydrogen (secondary N) is 2. The van der Waals surface area contributed by atoms with Crippen molar-refractivity contribution < 1.29 is 0 Å². The predicted molar refractivity (Wildman–Crippen MR) is 162 cm³/mol. The van der Waals surface area contributed by atoms with E-state index in [9.17, 15) is 0 Å². The smallest absolute Gasteiger partial charge is 0.164 e. The highest BCUT2D eigenvalue weighted by Crippen LogP contribution is 2.36. The van der Waals surface area contributed by atoms with Crippen molar-refractivity contribution in [1.29, 1.82) is 0 Å². The number of aromatic nitrogens is 8. The Kier molecular flexibility index (Phi) is 4.85. The highest BCUT2D eigenvalue weighted by Gasteiger charge is 2.21. The Morgan fingerprint density at radius 2 is 0.561 bits per heavy atom. The Balaban J connectivity index is 0.00000256. The third-order valence-corrected chi connectivity index (χ3v) is 7.46. The minimum atomic E-state index is 0. The summed E-state index contributed by atoms with van der Waals surface area (Å²) in [4.78, 5) is 36.8. The molecule has 0 spiro atoms. The van der Waals surface area contributed by atoms with Gasteiger partial charge in [0.1, 0.15) is 22.6 Å². The molecule has 0 saturated heterocycles. The average molecular weight is 533 g/mol. The first-order valence-electron chi connectivity index (χ1n) is 13.0. The molecule has 5 heterocycles. The maximum atomic E-state index is 5.02. The summed E-state index contributed by atoms with van der Waals surface area (Å²) in [6.45, 7) is 0. The monoisotopic (exact) mass is 532 g/mol. The zero-order valence-electron chi connectivity index (χ0n) is 21.9. The van der Waals surface area contributed by atoms with Crippen LogP contribution in [0.4, 0.5) is 0 Å². The predicted octanol–water partition coefficient (Wildman–Crippen LogP) is 7.25. The summed E-state index contributed by atoms with van der Waals surface area (Å²) in [6.07, 6.45) is 0. The highest BCUT2D eigenvalue weighted by molar-refractivity contribution is 6.06. The van der Waals surface area contributed by atoms with Gasteiger partial charge in [0.2, 0.25) is 0 Å². The second-order valence-corrected chi connectivity index (χ2v) is 9.79. The number of fused-ring (bicyclic) bond motifs is 20. The number of benzene rings is 4. The van der Waals surface area contributed by atoms with Crippen LogP contribution in [0.15, 0.2) is 97.1 Å². The molecule has 2 aliphatic rings. The number of rotatable bonds is 0. The van der Waals surface area contributed by atoms with E-state index in [1.54, 1.807) is 0 Å². The maximum Gasteiger partial charge on any atom is 0.164 e. The lowest BCUT2D eigenvalue weighted by Gasteiger charge is -1.96. The molecule has 0 fully saturated rings. The van der Waals surface area contributed by atoms with Crippen LogP contribution in [0.5, 0.6) is 0 Å². The Bertz CT molecular complexity index is 2030. The van der Waals surface area contributed by atoms with E-state index in [2.05, 4.69) is 9.97 Å². The molecule has 0 radical (unpaired) electrons. The zero-order chi connectivity index (χ0) is 26.2. The van der Waals surface area contributed by atoms with E-state index in [4.69, 9.17) is 29.9 Å². The van der Waals surface area contributed by atoms with Gasteiger partial charge in [0, 0.05) is 43.8 Å². The largest absolute Gasteiger partial charge is 0.369 e. The lowest BCUT2D eigenvalue weighted by atomic mass is 10.1. The minimum absolute atomic E-state index is 0. The number of hydrogen-bond donors (Lipinski definition) is 3. The zero-order valence-corrected chi connectivity index (χ0v) is 21.9. The van der Waals surface area contributed by atoms with Crippen LogP contribution >= 0.6 is 0 Å². The van der Waals surface area contributed by atoms with Gasteiger partial charge >= 0.3 is 0 Å². The Morgan fingerprint density at radius 3 is 0.829 bits per heavy atom. The fraction of sp³-hybridized carbons (Fsp3) is 0. The van der Waals surface area contributed by atoms with Crippen molar-refractivity contribution in [3.05, 3.63) is 97.1 Å². The lowest BCUT2D eigenvalue weighted by molar-refractivity contribution is 1.19. The van der Waals surface area contributed by atoms with Gasteiger partial charge in [-0.2, -0.15) is 0 Å². The Labute approximate surface area is 232 Å². The molecule has 0 saturated carbocycles. The SMILES string of the molecule is [NH4+].c1ccc2c(c1)-c1nc-2nc2[nH]c(nc3nc(nc4[nH]c(n1)c1ccccc41)-c1ccccc1-3)c1ccccc21. The van der Waals surface area contributed by atoms with E-state index in [0.717, 1.165) is 43.8 Å². The normalized spacial score (nSPS) is 11.7. The van der Waals surface area contributed by atoms with E-state index < -0.39 is 0 Å². The number of nitrogens with zero attached hydrogens (tertiary/aromatic N) is 6. The molecule has 0 atom stereocenters. The van der Waals surface area contributed by atoms with Crippen LogP contribution in [-0.4, -0.2) is 39.9 Å². The third-order valence-electron chi connectivity index (χ3n) is 7.46. The molecule has 194 valence electrons. The van der Waals surface area contributed by atoms with Gasteiger partial charge in [-0.3, -0.25) is 0 Å². The van der Waals surface area contributed by atoms with Gasteiger partial charge in [-0.1, -0.05) is 97.1 Å².